The molecule has 0 aromatic carbocycles. The number of aromatic nitrogens is 1. The Kier molecular flexibility index (Phi) is 4.75. The molecule has 1 aliphatic rings. The van der Waals surface area contributed by atoms with Crippen molar-refractivity contribution >= 4 is 11.3 Å². The van der Waals surface area contributed by atoms with Gasteiger partial charge in [0, 0.05) is 30.6 Å². The van der Waals surface area contributed by atoms with E-state index >= 15 is 0 Å². The number of rotatable bonds is 5. The number of thiazole rings is 1. The number of hydrogen-bond donors (Lipinski definition) is 2. The van der Waals surface area contributed by atoms with Crippen molar-refractivity contribution in [2.75, 3.05) is 13.1 Å². The van der Waals surface area contributed by atoms with Crippen LogP contribution in [0, 0.1) is 5.92 Å². The van der Waals surface area contributed by atoms with E-state index in [9.17, 15) is 0 Å². The van der Waals surface area contributed by atoms with E-state index in [4.69, 9.17) is 5.73 Å². The Labute approximate surface area is 101 Å². The molecule has 0 spiro atoms. The Balaban J connectivity index is 1.71. The molecule has 4 heteroatoms. The summed E-state index contributed by atoms with van der Waals surface area (Å²) < 4.78 is 0. The molecule has 16 heavy (non-hydrogen) atoms. The summed E-state index contributed by atoms with van der Waals surface area (Å²) in [5.74, 6) is 0.685. The summed E-state index contributed by atoms with van der Waals surface area (Å²) >= 11 is 1.74. The minimum atomic E-state index is 0.638. The summed E-state index contributed by atoms with van der Waals surface area (Å²) in [4.78, 5) is 4.29. The molecule has 1 heterocycles. The van der Waals surface area contributed by atoms with Crippen molar-refractivity contribution in [3.8, 4) is 0 Å². The molecule has 1 aliphatic carbocycles. The van der Waals surface area contributed by atoms with E-state index in [-0.39, 0.29) is 0 Å². The standard InChI is InChI=1S/C12H21N3S/c13-9-10-3-1-2-4-11(10)14-6-5-12-15-7-8-16-12/h7-8,10-11,14H,1-6,9,13H2. The van der Waals surface area contributed by atoms with E-state index in [0.717, 1.165) is 19.5 Å². The first-order valence-corrected chi connectivity index (χ1v) is 7.10. The zero-order valence-electron chi connectivity index (χ0n) is 9.69. The minimum absolute atomic E-state index is 0.638. The smallest absolute Gasteiger partial charge is 0.0937 e. The summed E-state index contributed by atoms with van der Waals surface area (Å²) in [5, 5.41) is 6.92. The highest BCUT2D eigenvalue weighted by Gasteiger charge is 2.22. The molecule has 0 radical (unpaired) electrons. The van der Waals surface area contributed by atoms with Gasteiger partial charge in [-0.1, -0.05) is 12.8 Å². The van der Waals surface area contributed by atoms with Crippen LogP contribution in [0.25, 0.3) is 0 Å². The molecule has 1 aromatic rings. The van der Waals surface area contributed by atoms with Crippen LogP contribution in [0.5, 0.6) is 0 Å². The second-order valence-corrected chi connectivity index (χ2v) is 5.50. The van der Waals surface area contributed by atoms with Gasteiger partial charge in [-0.3, -0.25) is 0 Å². The first-order chi connectivity index (χ1) is 7.90. The van der Waals surface area contributed by atoms with E-state index in [1.165, 1.54) is 30.7 Å². The van der Waals surface area contributed by atoms with Gasteiger partial charge in [-0.25, -0.2) is 4.98 Å². The maximum Gasteiger partial charge on any atom is 0.0937 e. The third kappa shape index (κ3) is 3.27. The first-order valence-electron chi connectivity index (χ1n) is 6.22. The fourth-order valence-corrected chi connectivity index (χ4v) is 3.12. The van der Waals surface area contributed by atoms with Gasteiger partial charge in [-0.05, 0) is 25.3 Å². The van der Waals surface area contributed by atoms with Gasteiger partial charge in [-0.15, -0.1) is 11.3 Å². The molecule has 0 bridgehead atoms. The van der Waals surface area contributed by atoms with E-state index in [0.29, 0.717) is 12.0 Å². The van der Waals surface area contributed by atoms with Crippen LogP contribution in [-0.2, 0) is 6.42 Å². The molecule has 1 fully saturated rings. The minimum Gasteiger partial charge on any atom is -0.330 e. The summed E-state index contributed by atoms with van der Waals surface area (Å²) in [6.45, 7) is 1.86. The van der Waals surface area contributed by atoms with Crippen LogP contribution in [0.4, 0.5) is 0 Å². The maximum atomic E-state index is 5.81. The van der Waals surface area contributed by atoms with Crippen LogP contribution in [0.3, 0.4) is 0 Å². The van der Waals surface area contributed by atoms with E-state index < -0.39 is 0 Å². The van der Waals surface area contributed by atoms with Gasteiger partial charge in [-0.2, -0.15) is 0 Å². The Morgan fingerprint density at radius 2 is 2.31 bits per heavy atom. The lowest BCUT2D eigenvalue weighted by molar-refractivity contribution is 0.269. The van der Waals surface area contributed by atoms with Gasteiger partial charge in [0.05, 0.1) is 5.01 Å². The topological polar surface area (TPSA) is 50.9 Å². The Morgan fingerprint density at radius 3 is 3.06 bits per heavy atom. The molecule has 1 aromatic heterocycles. The van der Waals surface area contributed by atoms with Crippen molar-refractivity contribution < 1.29 is 0 Å². The molecule has 1 saturated carbocycles. The van der Waals surface area contributed by atoms with Gasteiger partial charge in [0.15, 0.2) is 0 Å². The quantitative estimate of drug-likeness (QED) is 0.823. The third-order valence-electron chi connectivity index (χ3n) is 3.44. The molecular formula is C12H21N3S. The molecule has 2 rings (SSSR count). The average Bonchev–Trinajstić information content (AvgIpc) is 2.83. The second-order valence-electron chi connectivity index (χ2n) is 4.52. The van der Waals surface area contributed by atoms with Crippen molar-refractivity contribution in [3.63, 3.8) is 0 Å². The van der Waals surface area contributed by atoms with Crippen molar-refractivity contribution in [1.29, 1.82) is 0 Å². The summed E-state index contributed by atoms with van der Waals surface area (Å²) in [6.07, 6.45) is 8.22. The fourth-order valence-electron chi connectivity index (χ4n) is 2.50. The van der Waals surface area contributed by atoms with E-state index in [2.05, 4.69) is 10.3 Å². The highest BCUT2D eigenvalue weighted by molar-refractivity contribution is 7.09. The lowest BCUT2D eigenvalue weighted by Crippen LogP contribution is -2.42. The normalized spacial score (nSPS) is 25.8. The number of nitrogens with two attached hydrogens (primary N) is 1. The molecule has 0 amide bonds. The lowest BCUT2D eigenvalue weighted by Gasteiger charge is -2.31. The molecule has 0 aliphatic heterocycles. The highest BCUT2D eigenvalue weighted by Crippen LogP contribution is 2.23. The number of hydrogen-bond acceptors (Lipinski definition) is 4. The molecule has 0 saturated heterocycles. The van der Waals surface area contributed by atoms with E-state index in [1.54, 1.807) is 11.3 Å². The Morgan fingerprint density at radius 1 is 1.44 bits per heavy atom. The van der Waals surface area contributed by atoms with Gasteiger partial charge < -0.3 is 11.1 Å². The zero-order chi connectivity index (χ0) is 11.2. The lowest BCUT2D eigenvalue weighted by atomic mass is 9.84. The number of nitrogens with one attached hydrogen (secondary N) is 1. The first kappa shape index (κ1) is 12.0. The largest absolute Gasteiger partial charge is 0.330 e. The van der Waals surface area contributed by atoms with Crippen LogP contribution in [0.1, 0.15) is 30.7 Å². The number of nitrogens with zero attached hydrogens (tertiary/aromatic N) is 1. The molecule has 3 nitrogen and oxygen atoms in total. The summed E-state index contributed by atoms with van der Waals surface area (Å²) in [5.41, 5.74) is 5.81. The highest BCUT2D eigenvalue weighted by atomic mass is 32.1. The predicted octanol–water partition coefficient (Wildman–Crippen LogP) is 1.79. The molecule has 3 N–H and O–H groups in total. The summed E-state index contributed by atoms with van der Waals surface area (Å²) in [7, 11) is 0. The SMILES string of the molecule is NCC1CCCCC1NCCc1nccs1. The molecule has 90 valence electrons. The molecular weight excluding hydrogens is 218 g/mol. The monoisotopic (exact) mass is 239 g/mol. The summed E-state index contributed by atoms with van der Waals surface area (Å²) in [6, 6.07) is 0.638. The zero-order valence-corrected chi connectivity index (χ0v) is 10.5. The maximum absolute atomic E-state index is 5.81. The van der Waals surface area contributed by atoms with Crippen LogP contribution in [0.15, 0.2) is 11.6 Å². The molecule has 2 unspecified atom stereocenters. The van der Waals surface area contributed by atoms with E-state index in [1.807, 2.05) is 11.6 Å². The van der Waals surface area contributed by atoms with Gasteiger partial charge >= 0.3 is 0 Å². The van der Waals surface area contributed by atoms with Crippen molar-refractivity contribution in [2.24, 2.45) is 11.7 Å². The van der Waals surface area contributed by atoms with Crippen molar-refractivity contribution in [2.45, 2.75) is 38.1 Å². The van der Waals surface area contributed by atoms with Crippen LogP contribution in [0.2, 0.25) is 0 Å². The second kappa shape index (κ2) is 6.33. The van der Waals surface area contributed by atoms with Crippen molar-refractivity contribution in [1.82, 2.24) is 10.3 Å². The van der Waals surface area contributed by atoms with Crippen LogP contribution in [-0.4, -0.2) is 24.1 Å². The van der Waals surface area contributed by atoms with Crippen molar-refractivity contribution in [3.05, 3.63) is 16.6 Å². The average molecular weight is 239 g/mol. The third-order valence-corrected chi connectivity index (χ3v) is 4.28. The van der Waals surface area contributed by atoms with Gasteiger partial charge in [0.1, 0.15) is 0 Å². The molecule has 2 atom stereocenters. The predicted molar refractivity (Wildman–Crippen MR) is 68.6 cm³/mol. The van der Waals surface area contributed by atoms with Gasteiger partial charge in [0.25, 0.3) is 0 Å². The fraction of sp³-hybridized carbons (Fsp3) is 0.750. The van der Waals surface area contributed by atoms with Crippen LogP contribution >= 0.6 is 11.3 Å². The van der Waals surface area contributed by atoms with Crippen LogP contribution < -0.4 is 11.1 Å². The Hall–Kier alpha value is -0.450. The van der Waals surface area contributed by atoms with Gasteiger partial charge in [0.2, 0.25) is 0 Å². The Bertz CT molecular complexity index is 286.